The third-order valence-corrected chi connectivity index (χ3v) is 5.75. The Kier molecular flexibility index (Phi) is 5.68. The smallest absolute Gasteiger partial charge is 0.278 e. The first-order valence-electron chi connectivity index (χ1n) is 9.43. The fourth-order valence-corrected chi connectivity index (χ4v) is 4.02. The Balaban J connectivity index is 1.67. The van der Waals surface area contributed by atoms with E-state index in [9.17, 15) is 14.0 Å². The summed E-state index contributed by atoms with van der Waals surface area (Å²) in [6, 6.07) is 22.8. The molecule has 0 bridgehead atoms. The number of benzene rings is 3. The van der Waals surface area contributed by atoms with E-state index in [-0.39, 0.29) is 24.0 Å². The lowest BCUT2D eigenvalue weighted by Crippen LogP contribution is -2.31. The molecule has 1 aliphatic rings. The summed E-state index contributed by atoms with van der Waals surface area (Å²) in [5.41, 5.74) is 2.71. The van der Waals surface area contributed by atoms with Gasteiger partial charge in [-0.15, -0.1) is 0 Å². The van der Waals surface area contributed by atoms with Crippen molar-refractivity contribution in [2.45, 2.75) is 18.4 Å². The number of amides is 2. The highest BCUT2D eigenvalue weighted by Gasteiger charge is 2.39. The summed E-state index contributed by atoms with van der Waals surface area (Å²) in [6.07, 6.45) is 0. The quantitative estimate of drug-likeness (QED) is 0.565. The average molecular weight is 418 g/mol. The van der Waals surface area contributed by atoms with Crippen molar-refractivity contribution >= 4 is 29.3 Å². The van der Waals surface area contributed by atoms with Gasteiger partial charge >= 0.3 is 0 Å². The van der Waals surface area contributed by atoms with Crippen LogP contribution in [0.3, 0.4) is 0 Å². The number of rotatable bonds is 6. The third-order valence-electron chi connectivity index (χ3n) is 4.66. The van der Waals surface area contributed by atoms with Crippen LogP contribution in [0.15, 0.2) is 94.4 Å². The molecule has 0 aromatic heterocycles. The summed E-state index contributed by atoms with van der Waals surface area (Å²) in [6.45, 7) is 2.17. The van der Waals surface area contributed by atoms with Crippen LogP contribution in [0, 0.1) is 12.7 Å². The van der Waals surface area contributed by atoms with Crippen molar-refractivity contribution < 1.29 is 14.0 Å². The van der Waals surface area contributed by atoms with Crippen molar-refractivity contribution in [3.05, 3.63) is 106 Å². The Morgan fingerprint density at radius 3 is 2.20 bits per heavy atom. The minimum atomic E-state index is -0.400. The second kappa shape index (κ2) is 8.55. The fraction of sp³-hybridized carbons (Fsp3) is 0.0833. The third kappa shape index (κ3) is 4.28. The molecule has 4 nitrogen and oxygen atoms in total. The number of thioether (sulfide) groups is 1. The summed E-state index contributed by atoms with van der Waals surface area (Å²) in [7, 11) is 0. The highest BCUT2D eigenvalue weighted by molar-refractivity contribution is 8.04. The number of halogens is 1. The minimum Gasteiger partial charge on any atom is -0.350 e. The number of imide groups is 1. The monoisotopic (exact) mass is 418 g/mol. The first-order valence-corrected chi connectivity index (χ1v) is 10.2. The van der Waals surface area contributed by atoms with Gasteiger partial charge < -0.3 is 5.32 Å². The van der Waals surface area contributed by atoms with Crippen LogP contribution in [0.25, 0.3) is 0 Å². The Morgan fingerprint density at radius 1 is 0.867 bits per heavy atom. The molecular formula is C24H19FN2O2S. The molecule has 0 unspecified atom stereocenters. The van der Waals surface area contributed by atoms with Crippen LogP contribution >= 0.6 is 11.8 Å². The molecule has 0 fully saturated rings. The van der Waals surface area contributed by atoms with Crippen molar-refractivity contribution in [1.29, 1.82) is 0 Å². The first-order chi connectivity index (χ1) is 14.5. The van der Waals surface area contributed by atoms with Crippen LogP contribution in [-0.4, -0.2) is 16.7 Å². The van der Waals surface area contributed by atoms with E-state index < -0.39 is 5.91 Å². The summed E-state index contributed by atoms with van der Waals surface area (Å²) in [4.78, 5) is 28.7. The molecule has 6 heteroatoms. The topological polar surface area (TPSA) is 49.4 Å². The second-order valence-corrected chi connectivity index (χ2v) is 8.02. The van der Waals surface area contributed by atoms with E-state index in [1.165, 1.54) is 40.9 Å². The Labute approximate surface area is 178 Å². The molecule has 0 spiro atoms. The van der Waals surface area contributed by atoms with E-state index >= 15 is 0 Å². The molecule has 4 rings (SSSR count). The zero-order valence-electron chi connectivity index (χ0n) is 16.3. The number of carbonyl (C=O) groups is 2. The van der Waals surface area contributed by atoms with Crippen molar-refractivity contribution in [1.82, 2.24) is 4.90 Å². The zero-order chi connectivity index (χ0) is 21.1. The summed E-state index contributed by atoms with van der Waals surface area (Å²) in [5.74, 6) is -1.12. The van der Waals surface area contributed by atoms with Gasteiger partial charge in [0.2, 0.25) is 0 Å². The zero-order valence-corrected chi connectivity index (χ0v) is 17.1. The van der Waals surface area contributed by atoms with Gasteiger partial charge in [0.05, 0.1) is 6.54 Å². The van der Waals surface area contributed by atoms with Crippen molar-refractivity contribution in [3.8, 4) is 0 Å². The largest absolute Gasteiger partial charge is 0.350 e. The van der Waals surface area contributed by atoms with E-state index in [4.69, 9.17) is 0 Å². The van der Waals surface area contributed by atoms with E-state index in [2.05, 4.69) is 5.32 Å². The first kappa shape index (κ1) is 19.9. The molecule has 3 aromatic carbocycles. The number of carbonyl (C=O) groups excluding carboxylic acids is 2. The predicted octanol–water partition coefficient (Wildman–Crippen LogP) is 5.12. The molecule has 3 aromatic rings. The molecule has 1 aliphatic heterocycles. The molecule has 0 atom stereocenters. The fourth-order valence-electron chi connectivity index (χ4n) is 3.07. The maximum Gasteiger partial charge on any atom is 0.278 e. The predicted molar refractivity (Wildman–Crippen MR) is 116 cm³/mol. The number of anilines is 1. The van der Waals surface area contributed by atoms with Gasteiger partial charge in [-0.05, 0) is 48.9 Å². The Morgan fingerprint density at radius 2 is 1.53 bits per heavy atom. The summed E-state index contributed by atoms with van der Waals surface area (Å²) in [5, 5.41) is 3.03. The van der Waals surface area contributed by atoms with Crippen LogP contribution in [-0.2, 0) is 16.1 Å². The molecule has 150 valence electrons. The summed E-state index contributed by atoms with van der Waals surface area (Å²) < 4.78 is 13.3. The highest BCUT2D eigenvalue weighted by Crippen LogP contribution is 2.36. The van der Waals surface area contributed by atoms with Gasteiger partial charge in [-0.25, -0.2) is 4.39 Å². The number of hydrogen-bond donors (Lipinski definition) is 1. The molecule has 0 aliphatic carbocycles. The molecule has 1 heterocycles. The molecule has 2 amide bonds. The lowest BCUT2D eigenvalue weighted by atomic mass is 10.2. The number of hydrogen-bond acceptors (Lipinski definition) is 4. The van der Waals surface area contributed by atoms with Gasteiger partial charge in [0.15, 0.2) is 0 Å². The van der Waals surface area contributed by atoms with Gasteiger partial charge in [-0.2, -0.15) is 0 Å². The van der Waals surface area contributed by atoms with Crippen LogP contribution in [0.2, 0.25) is 0 Å². The molecule has 30 heavy (non-hydrogen) atoms. The SMILES string of the molecule is Cc1ccc(SC2=C(Nc3ccc(F)cc3)C(=O)N(Cc3ccccc3)C2=O)cc1. The molecule has 1 N–H and O–H groups in total. The molecule has 0 saturated carbocycles. The van der Waals surface area contributed by atoms with Gasteiger partial charge in [-0.1, -0.05) is 59.8 Å². The average Bonchev–Trinajstić information content (AvgIpc) is 2.96. The number of nitrogens with one attached hydrogen (secondary N) is 1. The number of aryl methyl sites for hydroxylation is 1. The van der Waals surface area contributed by atoms with Gasteiger partial charge in [-0.3, -0.25) is 14.5 Å². The van der Waals surface area contributed by atoms with Crippen LogP contribution in [0.1, 0.15) is 11.1 Å². The van der Waals surface area contributed by atoms with Gasteiger partial charge in [0.1, 0.15) is 16.4 Å². The Bertz CT molecular complexity index is 1040. The maximum absolute atomic E-state index is 13.3. The second-order valence-electron chi connectivity index (χ2n) is 6.93. The molecular weight excluding hydrogens is 399 g/mol. The molecule has 0 radical (unpaired) electrons. The normalized spacial score (nSPS) is 13.9. The van der Waals surface area contributed by atoms with Crippen molar-refractivity contribution in [2.75, 3.05) is 5.32 Å². The Hall–Kier alpha value is -3.38. The van der Waals surface area contributed by atoms with E-state index in [0.29, 0.717) is 10.6 Å². The lowest BCUT2D eigenvalue weighted by Gasteiger charge is -2.15. The van der Waals surface area contributed by atoms with E-state index in [1.54, 1.807) is 0 Å². The maximum atomic E-state index is 13.3. The van der Waals surface area contributed by atoms with Crippen LogP contribution < -0.4 is 5.32 Å². The van der Waals surface area contributed by atoms with E-state index in [0.717, 1.165) is 16.0 Å². The standard InChI is InChI=1S/C24H19FN2O2S/c1-16-7-13-20(14-8-16)30-22-21(26-19-11-9-18(25)10-12-19)23(28)27(24(22)29)15-17-5-3-2-4-6-17/h2-14,26H,15H2,1H3. The lowest BCUT2D eigenvalue weighted by molar-refractivity contribution is -0.137. The van der Waals surface area contributed by atoms with Crippen LogP contribution in [0.5, 0.6) is 0 Å². The summed E-state index contributed by atoms with van der Waals surface area (Å²) >= 11 is 1.25. The van der Waals surface area contributed by atoms with Gasteiger partial charge in [0, 0.05) is 10.6 Å². The van der Waals surface area contributed by atoms with Crippen molar-refractivity contribution in [3.63, 3.8) is 0 Å². The number of nitrogens with zero attached hydrogens (tertiary/aromatic N) is 1. The minimum absolute atomic E-state index is 0.186. The van der Waals surface area contributed by atoms with Gasteiger partial charge in [0.25, 0.3) is 11.8 Å². The molecule has 0 saturated heterocycles. The van der Waals surface area contributed by atoms with Crippen LogP contribution in [0.4, 0.5) is 10.1 Å². The highest BCUT2D eigenvalue weighted by atomic mass is 32.2. The van der Waals surface area contributed by atoms with Crippen molar-refractivity contribution in [2.24, 2.45) is 0 Å². The van der Waals surface area contributed by atoms with E-state index in [1.807, 2.05) is 61.5 Å².